The average molecular weight is 413 g/mol. The molecule has 0 aliphatic carbocycles. The average Bonchev–Trinajstić information content (AvgIpc) is 2.82. The number of nitrogens with zero attached hydrogens (tertiary/aromatic N) is 1. The molecule has 0 unspecified atom stereocenters. The molecule has 4 rings (SSSR count). The van der Waals surface area contributed by atoms with Crippen LogP contribution in [0.1, 0.15) is 22.7 Å². The number of hydrogen-bond donors (Lipinski definition) is 3. The zero-order valence-electron chi connectivity index (χ0n) is 17.6. The van der Waals surface area contributed by atoms with Crippen molar-refractivity contribution in [3.05, 3.63) is 102 Å². The summed E-state index contributed by atoms with van der Waals surface area (Å²) < 4.78 is 0. The quantitative estimate of drug-likeness (QED) is 0.567. The molecule has 3 aromatic rings. The molecule has 0 bridgehead atoms. The predicted octanol–water partition coefficient (Wildman–Crippen LogP) is 1.07. The Kier molecular flexibility index (Phi) is 6.73. The van der Waals surface area contributed by atoms with Gasteiger partial charge in [-0.05, 0) is 24.3 Å². The van der Waals surface area contributed by atoms with E-state index in [-0.39, 0.29) is 5.91 Å². The Labute approximate surface area is 183 Å². The van der Waals surface area contributed by atoms with Crippen LogP contribution in [0, 0.1) is 11.3 Å². The summed E-state index contributed by atoms with van der Waals surface area (Å²) >= 11 is 0. The highest BCUT2D eigenvalue weighted by Gasteiger charge is 2.32. The van der Waals surface area contributed by atoms with Crippen molar-refractivity contribution in [2.75, 3.05) is 38.0 Å². The lowest BCUT2D eigenvalue weighted by molar-refractivity contribution is -1.02. The molecule has 31 heavy (non-hydrogen) atoms. The second kappa shape index (κ2) is 10.0. The monoisotopic (exact) mass is 412 g/mol. The molecule has 0 aromatic heterocycles. The lowest BCUT2D eigenvalue weighted by Gasteiger charge is -2.34. The van der Waals surface area contributed by atoms with Gasteiger partial charge >= 0.3 is 0 Å². The molecule has 156 valence electrons. The van der Waals surface area contributed by atoms with Crippen molar-refractivity contribution in [3.63, 3.8) is 0 Å². The Morgan fingerprint density at radius 3 is 1.90 bits per heavy atom. The molecule has 3 N–H and O–H groups in total. The minimum atomic E-state index is 0.0193. The summed E-state index contributed by atoms with van der Waals surface area (Å²) in [6.07, 6.45) is 0. The summed E-state index contributed by atoms with van der Waals surface area (Å²) in [6, 6.07) is 30.8. The largest absolute Gasteiger partial charge is 0.321 e. The van der Waals surface area contributed by atoms with E-state index in [1.54, 1.807) is 29.2 Å². The molecule has 5 heteroatoms. The Balaban J connectivity index is 1.36. The first-order chi connectivity index (χ1) is 15.2. The molecule has 1 heterocycles. The fourth-order valence-corrected chi connectivity index (χ4v) is 4.41. The van der Waals surface area contributed by atoms with Crippen molar-refractivity contribution in [1.29, 1.82) is 5.26 Å². The van der Waals surface area contributed by atoms with E-state index in [9.17, 15) is 4.79 Å². The van der Waals surface area contributed by atoms with Crippen molar-refractivity contribution in [2.24, 2.45) is 0 Å². The van der Waals surface area contributed by atoms with Crippen LogP contribution < -0.4 is 15.1 Å². The summed E-state index contributed by atoms with van der Waals surface area (Å²) in [5.41, 5.74) is 4.01. The molecule has 0 saturated carbocycles. The maximum Gasteiger partial charge on any atom is 0.279 e. The Bertz CT molecular complexity index is 981. The first kappa shape index (κ1) is 20.8. The zero-order chi connectivity index (χ0) is 21.5. The number of carbonyl (C=O) groups is 1. The fourth-order valence-electron chi connectivity index (χ4n) is 4.41. The van der Waals surface area contributed by atoms with Gasteiger partial charge in [0.05, 0.1) is 11.6 Å². The molecule has 1 aliphatic heterocycles. The first-order valence-corrected chi connectivity index (χ1v) is 10.8. The summed E-state index contributed by atoms with van der Waals surface area (Å²) in [6.45, 7) is 4.44. The summed E-state index contributed by atoms with van der Waals surface area (Å²) in [7, 11) is 0. The van der Waals surface area contributed by atoms with E-state index in [0.29, 0.717) is 18.2 Å². The lowest BCUT2D eigenvalue weighted by atomic mass is 9.96. The minimum Gasteiger partial charge on any atom is -0.321 e. The molecular formula is C26H28N4O+2. The maximum absolute atomic E-state index is 12.5. The van der Waals surface area contributed by atoms with Crippen LogP contribution in [0.2, 0.25) is 0 Å². The van der Waals surface area contributed by atoms with E-state index >= 15 is 0 Å². The molecule has 1 saturated heterocycles. The summed E-state index contributed by atoms with van der Waals surface area (Å²) in [5, 5.41) is 11.8. The molecule has 1 fully saturated rings. The van der Waals surface area contributed by atoms with E-state index < -0.39 is 0 Å². The van der Waals surface area contributed by atoms with Crippen LogP contribution in [-0.4, -0.2) is 38.6 Å². The number of nitrogens with one attached hydrogen (secondary N) is 3. The van der Waals surface area contributed by atoms with E-state index in [4.69, 9.17) is 5.26 Å². The van der Waals surface area contributed by atoms with Crippen LogP contribution in [0.5, 0.6) is 0 Å². The van der Waals surface area contributed by atoms with Crippen LogP contribution in [0.15, 0.2) is 84.9 Å². The highest BCUT2D eigenvalue weighted by Crippen LogP contribution is 2.18. The first-order valence-electron chi connectivity index (χ1n) is 10.8. The second-order valence-electron chi connectivity index (χ2n) is 8.08. The molecule has 0 atom stereocenters. The van der Waals surface area contributed by atoms with Gasteiger partial charge in [0.15, 0.2) is 6.54 Å². The molecule has 1 aliphatic rings. The van der Waals surface area contributed by atoms with E-state index in [0.717, 1.165) is 31.9 Å². The maximum atomic E-state index is 12.5. The van der Waals surface area contributed by atoms with Gasteiger partial charge in [0.2, 0.25) is 0 Å². The third kappa shape index (κ3) is 5.37. The van der Waals surface area contributed by atoms with E-state index in [1.807, 2.05) is 0 Å². The van der Waals surface area contributed by atoms with Crippen molar-refractivity contribution in [2.45, 2.75) is 6.04 Å². The Hall–Kier alpha value is -3.46. The van der Waals surface area contributed by atoms with Gasteiger partial charge in [0.1, 0.15) is 32.2 Å². The van der Waals surface area contributed by atoms with Gasteiger partial charge in [0.25, 0.3) is 5.91 Å². The van der Waals surface area contributed by atoms with Gasteiger partial charge in [-0.1, -0.05) is 60.7 Å². The third-order valence-electron chi connectivity index (χ3n) is 5.98. The van der Waals surface area contributed by atoms with Crippen molar-refractivity contribution in [3.8, 4) is 6.07 Å². The molecule has 0 radical (unpaired) electrons. The third-order valence-corrected chi connectivity index (χ3v) is 5.98. The second-order valence-corrected chi connectivity index (χ2v) is 8.08. The lowest BCUT2D eigenvalue weighted by Crippen LogP contribution is -3.28. The number of rotatable bonds is 6. The zero-order valence-corrected chi connectivity index (χ0v) is 17.6. The van der Waals surface area contributed by atoms with E-state index in [2.05, 4.69) is 72.0 Å². The number of hydrogen-bond acceptors (Lipinski definition) is 2. The highest BCUT2D eigenvalue weighted by atomic mass is 16.2. The van der Waals surface area contributed by atoms with Crippen molar-refractivity contribution >= 4 is 11.6 Å². The van der Waals surface area contributed by atoms with Gasteiger partial charge in [0, 0.05) is 16.8 Å². The van der Waals surface area contributed by atoms with Gasteiger partial charge in [-0.3, -0.25) is 4.79 Å². The summed E-state index contributed by atoms with van der Waals surface area (Å²) in [5.74, 6) is 0.0193. The molecule has 0 spiro atoms. The van der Waals surface area contributed by atoms with E-state index in [1.165, 1.54) is 16.0 Å². The number of carbonyl (C=O) groups excluding carboxylic acids is 1. The standard InChI is InChI=1S/C26H26N4O/c27-19-21-11-13-24(14-12-21)28-25(31)20-29-15-17-30(18-16-29)26(22-7-3-1-4-8-22)23-9-5-2-6-10-23/h1-14,26H,15-18,20H2,(H,28,31)/p+2. The normalized spacial score (nSPS) is 18.3. The minimum absolute atomic E-state index is 0.0193. The topological polar surface area (TPSA) is 61.8 Å². The van der Waals surface area contributed by atoms with Crippen LogP contribution in [0.25, 0.3) is 0 Å². The number of anilines is 1. The van der Waals surface area contributed by atoms with Gasteiger partial charge in [-0.2, -0.15) is 5.26 Å². The Morgan fingerprint density at radius 1 is 0.839 bits per heavy atom. The SMILES string of the molecule is N#Cc1ccc(NC(=O)C[NH+]2CC[NH+](C(c3ccccc3)c3ccccc3)CC2)cc1. The predicted molar refractivity (Wildman–Crippen MR) is 121 cm³/mol. The molecule has 3 aromatic carbocycles. The van der Waals surface area contributed by atoms with Crippen molar-refractivity contribution < 1.29 is 14.6 Å². The van der Waals surface area contributed by atoms with Gasteiger partial charge in [-0.15, -0.1) is 0 Å². The van der Waals surface area contributed by atoms with Gasteiger partial charge in [-0.25, -0.2) is 0 Å². The Morgan fingerprint density at radius 2 is 1.39 bits per heavy atom. The number of benzene rings is 3. The van der Waals surface area contributed by atoms with Crippen LogP contribution >= 0.6 is 0 Å². The number of piperazine rings is 1. The van der Waals surface area contributed by atoms with Gasteiger partial charge < -0.3 is 15.1 Å². The summed E-state index contributed by atoms with van der Waals surface area (Å²) in [4.78, 5) is 15.4. The molecule has 5 nitrogen and oxygen atoms in total. The van der Waals surface area contributed by atoms with Crippen molar-refractivity contribution in [1.82, 2.24) is 0 Å². The number of amides is 1. The van der Waals surface area contributed by atoms with Crippen LogP contribution in [0.3, 0.4) is 0 Å². The number of nitriles is 1. The molecular weight excluding hydrogens is 384 g/mol. The highest BCUT2D eigenvalue weighted by molar-refractivity contribution is 5.91. The number of quaternary nitrogens is 2. The van der Waals surface area contributed by atoms with Crippen LogP contribution in [-0.2, 0) is 4.79 Å². The smallest absolute Gasteiger partial charge is 0.279 e. The fraction of sp³-hybridized carbons (Fsp3) is 0.231. The van der Waals surface area contributed by atoms with Crippen LogP contribution in [0.4, 0.5) is 5.69 Å². The molecule has 1 amide bonds.